The second-order valence-electron chi connectivity index (χ2n) is 18.6. The Morgan fingerprint density at radius 3 is 1.95 bits per heavy atom. The van der Waals surface area contributed by atoms with Gasteiger partial charge in [-0.15, -0.1) is 0 Å². The van der Waals surface area contributed by atoms with Gasteiger partial charge in [0.15, 0.2) is 0 Å². The molecule has 5 aromatic carbocycles. The van der Waals surface area contributed by atoms with Gasteiger partial charge in [-0.2, -0.15) is 0 Å². The van der Waals surface area contributed by atoms with Crippen LogP contribution in [0.3, 0.4) is 0 Å². The lowest BCUT2D eigenvalue weighted by atomic mass is 10.0. The van der Waals surface area contributed by atoms with Crippen molar-refractivity contribution in [3.63, 3.8) is 0 Å². The second-order valence-corrected chi connectivity index (χ2v) is 18.6. The summed E-state index contributed by atoms with van der Waals surface area (Å²) in [7, 11) is 0. The summed E-state index contributed by atoms with van der Waals surface area (Å²) in [5, 5.41) is 4.42. The SMILES string of the molecule is C=C/C=C\C=C(/C)N(/C=C(C)/C(/C=C\C=C)=C\C=C/C)c1ccc2c(c1)c1cc(N(C(/C=C\C=C)=C/C)c3cccc4c3CC=CC=C4)ccc1n2C(=C)/C=C/N(C(=C)/C=C\C=C/C)c1cccc2ccccc12.CC.CC=CCC. The summed E-state index contributed by atoms with van der Waals surface area (Å²) in [6, 6.07) is 34.9. The molecule has 0 fully saturated rings. The molecular weight excluding hydrogens is 981 g/mol. The number of rotatable bonds is 22. The predicted molar refractivity (Wildman–Crippen MR) is 365 cm³/mol. The van der Waals surface area contributed by atoms with E-state index in [4.69, 9.17) is 6.58 Å². The van der Waals surface area contributed by atoms with Crippen LogP contribution < -0.4 is 14.7 Å². The number of hydrogen-bond donors (Lipinski definition) is 0. The molecule has 0 aliphatic heterocycles. The van der Waals surface area contributed by atoms with E-state index in [1.54, 1.807) is 12.2 Å². The maximum atomic E-state index is 4.80. The highest BCUT2D eigenvalue weighted by molar-refractivity contribution is 6.13. The van der Waals surface area contributed by atoms with Crippen LogP contribution in [0.15, 0.2) is 316 Å². The number of fused-ring (bicyclic) bond motifs is 5. The van der Waals surface area contributed by atoms with Crippen molar-refractivity contribution in [1.82, 2.24) is 4.57 Å². The van der Waals surface area contributed by atoms with E-state index in [0.29, 0.717) is 0 Å². The van der Waals surface area contributed by atoms with Gasteiger partial charge in [-0.1, -0.05) is 230 Å². The molecule has 0 amide bonds. The zero-order valence-corrected chi connectivity index (χ0v) is 49.6. The van der Waals surface area contributed by atoms with Crippen molar-refractivity contribution < 1.29 is 0 Å². The van der Waals surface area contributed by atoms with E-state index in [1.807, 2.05) is 95.4 Å². The van der Waals surface area contributed by atoms with E-state index in [1.165, 1.54) is 11.1 Å². The van der Waals surface area contributed by atoms with Gasteiger partial charge in [-0.25, -0.2) is 0 Å². The standard InChI is InChI=1S/C70H68N4.C5H10.C2H6/c1-11-17-23-31-54(8)71(67-42-29-37-58-36-27-28-41-63(58)67)49-48-56(10)73-69-46-44-61(72(55(9)32-24-18-12-2)52-53(7)57(33-19-13-3)34-20-14-4)50-65(69)66-51-62(45-47-70(66)73)74(60(16-6)39-21-15-5)68-43-30-38-59-35-25-22-26-40-64(59)68;1-3-5-4-2;1-2/h11-39,41-52H,2-3,5,8,10,40H2,1,4,6-7,9H3;3,5H,4H2,1-2H3;1-2H3/b17-11-,20-14-,24-18-,31-23-,33-19-,39-21-,49-48+,53-52+,55-32+,57-34-,60-16+;;. The van der Waals surface area contributed by atoms with Crippen LogP contribution in [0.2, 0.25) is 0 Å². The minimum Gasteiger partial charge on any atom is -0.321 e. The molecule has 4 heteroatoms. The Balaban J connectivity index is 0.00000163. The third-order valence-corrected chi connectivity index (χ3v) is 13.2. The first-order valence-corrected chi connectivity index (χ1v) is 28.2. The molecule has 1 aromatic heterocycles. The third-order valence-electron chi connectivity index (χ3n) is 13.2. The molecule has 81 heavy (non-hydrogen) atoms. The highest BCUT2D eigenvalue weighted by Gasteiger charge is 2.22. The van der Waals surface area contributed by atoms with Gasteiger partial charge in [-0.3, -0.25) is 0 Å². The van der Waals surface area contributed by atoms with Crippen LogP contribution in [-0.2, 0) is 6.42 Å². The lowest BCUT2D eigenvalue weighted by Gasteiger charge is -2.29. The fourth-order valence-corrected chi connectivity index (χ4v) is 9.36. The smallest absolute Gasteiger partial charge is 0.0542 e. The van der Waals surface area contributed by atoms with Gasteiger partial charge in [-0.05, 0) is 155 Å². The molecule has 0 saturated heterocycles. The molecule has 7 rings (SSSR count). The number of benzene rings is 5. The van der Waals surface area contributed by atoms with Crippen molar-refractivity contribution in [3.8, 4) is 0 Å². The molecule has 6 aromatic rings. The highest BCUT2D eigenvalue weighted by atomic mass is 15.2. The Labute approximate surface area is 486 Å². The summed E-state index contributed by atoms with van der Waals surface area (Å²) in [5.74, 6) is 0. The van der Waals surface area contributed by atoms with Crippen LogP contribution in [-0.4, -0.2) is 4.57 Å². The lowest BCUT2D eigenvalue weighted by molar-refractivity contribution is 1.13. The molecule has 412 valence electrons. The summed E-state index contributed by atoms with van der Waals surface area (Å²) >= 11 is 0. The maximum Gasteiger partial charge on any atom is 0.0542 e. The van der Waals surface area contributed by atoms with Gasteiger partial charge in [0.1, 0.15) is 0 Å². The van der Waals surface area contributed by atoms with Crippen LogP contribution in [0, 0.1) is 0 Å². The van der Waals surface area contributed by atoms with Crippen LogP contribution in [0.5, 0.6) is 0 Å². The van der Waals surface area contributed by atoms with Crippen LogP contribution in [0.25, 0.3) is 44.4 Å². The van der Waals surface area contributed by atoms with Gasteiger partial charge < -0.3 is 19.3 Å². The van der Waals surface area contributed by atoms with Gasteiger partial charge in [0, 0.05) is 62.7 Å². The fraction of sp³-hybridized carbons (Fsp3) is 0.143. The van der Waals surface area contributed by atoms with E-state index in [-0.39, 0.29) is 0 Å². The zero-order valence-electron chi connectivity index (χ0n) is 49.6. The fourth-order valence-electron chi connectivity index (χ4n) is 9.36. The Hall–Kier alpha value is -9.38. The summed E-state index contributed by atoms with van der Waals surface area (Å²) in [6.45, 7) is 39.8. The minimum atomic E-state index is 0.791. The van der Waals surface area contributed by atoms with Gasteiger partial charge in [0.25, 0.3) is 0 Å². The van der Waals surface area contributed by atoms with E-state index >= 15 is 0 Å². The average Bonchev–Trinajstić information content (AvgIpc) is 3.88. The predicted octanol–water partition coefficient (Wildman–Crippen LogP) is 22.6. The quantitative estimate of drug-likeness (QED) is 0.0497. The molecular formula is C77H84N4. The molecule has 1 heterocycles. The van der Waals surface area contributed by atoms with Gasteiger partial charge >= 0.3 is 0 Å². The molecule has 0 atom stereocenters. The van der Waals surface area contributed by atoms with Gasteiger partial charge in [0.05, 0.1) is 22.4 Å². The van der Waals surface area contributed by atoms with Crippen LogP contribution in [0.1, 0.15) is 79.9 Å². The van der Waals surface area contributed by atoms with E-state index < -0.39 is 0 Å². The Kier molecular flexibility index (Phi) is 25.6. The molecule has 0 radical (unpaired) electrons. The van der Waals surface area contributed by atoms with Crippen molar-refractivity contribution in [3.05, 3.63) is 328 Å². The zero-order chi connectivity index (χ0) is 58.5. The van der Waals surface area contributed by atoms with Gasteiger partial charge in [0.2, 0.25) is 0 Å². The summed E-state index contributed by atoms with van der Waals surface area (Å²) < 4.78 is 2.27. The number of allylic oxidation sites excluding steroid dienone is 28. The second kappa shape index (κ2) is 33.1. The first-order valence-electron chi connectivity index (χ1n) is 28.2. The minimum absolute atomic E-state index is 0.791. The topological polar surface area (TPSA) is 14.7 Å². The molecule has 4 nitrogen and oxygen atoms in total. The molecule has 0 unspecified atom stereocenters. The van der Waals surface area contributed by atoms with E-state index in [9.17, 15) is 0 Å². The molecule has 0 spiro atoms. The Morgan fingerprint density at radius 2 is 1.27 bits per heavy atom. The lowest BCUT2D eigenvalue weighted by Crippen LogP contribution is -2.17. The molecule has 1 aliphatic rings. The molecule has 0 bridgehead atoms. The number of anilines is 4. The van der Waals surface area contributed by atoms with Crippen molar-refractivity contribution in [2.24, 2.45) is 0 Å². The van der Waals surface area contributed by atoms with E-state index in [2.05, 4.69) is 262 Å². The van der Waals surface area contributed by atoms with Crippen LogP contribution in [0.4, 0.5) is 22.7 Å². The molecule has 0 saturated carbocycles. The van der Waals surface area contributed by atoms with E-state index in [0.717, 1.165) is 102 Å². The molecule has 0 N–H and O–H groups in total. The number of hydrogen-bond acceptors (Lipinski definition) is 3. The Morgan fingerprint density at radius 1 is 0.605 bits per heavy atom. The number of nitrogens with zero attached hydrogens (tertiary/aromatic N) is 4. The Bertz CT molecular complexity index is 3620. The monoisotopic (exact) mass is 1060 g/mol. The first-order chi connectivity index (χ1) is 39.6. The summed E-state index contributed by atoms with van der Waals surface area (Å²) in [4.78, 5) is 6.77. The maximum absolute atomic E-state index is 4.80. The largest absolute Gasteiger partial charge is 0.321 e. The summed E-state index contributed by atoms with van der Waals surface area (Å²) in [6.07, 6.45) is 57.4. The van der Waals surface area contributed by atoms with Crippen molar-refractivity contribution in [2.75, 3.05) is 14.7 Å². The first kappa shape index (κ1) is 62.5. The molecule has 1 aliphatic carbocycles. The average molecular weight is 1070 g/mol. The summed E-state index contributed by atoms with van der Waals surface area (Å²) in [5.41, 5.74) is 14.4. The van der Waals surface area contributed by atoms with Crippen molar-refractivity contribution in [2.45, 2.75) is 75.2 Å². The highest BCUT2D eigenvalue weighted by Crippen LogP contribution is 2.42. The van der Waals surface area contributed by atoms with Crippen molar-refractivity contribution >= 4 is 67.1 Å². The normalized spacial score (nSPS) is 13.3. The van der Waals surface area contributed by atoms with Crippen LogP contribution >= 0.6 is 0 Å². The van der Waals surface area contributed by atoms with Crippen molar-refractivity contribution in [1.29, 1.82) is 0 Å². The third kappa shape index (κ3) is 16.3. The number of aromatic nitrogens is 1.